The van der Waals surface area contributed by atoms with Crippen molar-refractivity contribution < 1.29 is 18.3 Å². The summed E-state index contributed by atoms with van der Waals surface area (Å²) in [5.41, 5.74) is 1.56. The fourth-order valence-electron chi connectivity index (χ4n) is 2.79. The van der Waals surface area contributed by atoms with E-state index in [-0.39, 0.29) is 35.5 Å². The van der Waals surface area contributed by atoms with Gasteiger partial charge in [0.05, 0.1) is 34.1 Å². The molecule has 0 amide bonds. The largest absolute Gasteiger partial charge is 0.478 e. The minimum atomic E-state index is -2.97. The lowest BCUT2D eigenvalue weighted by Gasteiger charge is -2.13. The summed E-state index contributed by atoms with van der Waals surface area (Å²) in [5, 5.41) is 8.99. The molecular formula is C13H15ClN2O4S. The zero-order chi connectivity index (χ0) is 14.5. The number of imidazole rings is 1. The Balaban J connectivity index is 0.00000161. The first-order valence-corrected chi connectivity index (χ1v) is 8.12. The van der Waals surface area contributed by atoms with E-state index in [0.29, 0.717) is 17.8 Å². The van der Waals surface area contributed by atoms with Crippen LogP contribution >= 0.6 is 12.4 Å². The molecule has 0 saturated carbocycles. The van der Waals surface area contributed by atoms with Crippen molar-refractivity contribution in [2.75, 3.05) is 11.5 Å². The second-order valence-corrected chi connectivity index (χ2v) is 7.32. The highest BCUT2D eigenvalue weighted by atomic mass is 35.5. The summed E-state index contributed by atoms with van der Waals surface area (Å²) in [5.74, 6) is 0.0384. The van der Waals surface area contributed by atoms with Gasteiger partial charge in [0.2, 0.25) is 0 Å². The fourth-order valence-corrected chi connectivity index (χ4v) is 4.49. The van der Waals surface area contributed by atoms with Crippen LogP contribution in [0.5, 0.6) is 0 Å². The maximum atomic E-state index is 11.6. The molecule has 2 aromatic rings. The second-order valence-electron chi connectivity index (χ2n) is 5.09. The van der Waals surface area contributed by atoms with Gasteiger partial charge in [0.1, 0.15) is 5.82 Å². The highest BCUT2D eigenvalue weighted by Gasteiger charge is 2.31. The number of carbonyl (C=O) groups is 1. The number of hydrogen-bond acceptors (Lipinski definition) is 4. The predicted octanol–water partition coefficient (Wildman–Crippen LogP) is 1.82. The Morgan fingerprint density at radius 3 is 2.71 bits per heavy atom. The molecule has 0 spiro atoms. The fraction of sp³-hybridized carbons (Fsp3) is 0.385. The summed E-state index contributed by atoms with van der Waals surface area (Å²) in [6.07, 6.45) is 0.579. The number of hydrogen-bond donors (Lipinski definition) is 1. The van der Waals surface area contributed by atoms with E-state index in [0.717, 1.165) is 5.52 Å². The zero-order valence-corrected chi connectivity index (χ0v) is 12.9. The average Bonchev–Trinajstić information content (AvgIpc) is 2.86. The molecule has 1 aromatic carbocycles. The molecule has 1 fully saturated rings. The number of carboxylic acids is 1. The molecule has 1 saturated heterocycles. The van der Waals surface area contributed by atoms with Gasteiger partial charge in [-0.1, -0.05) is 0 Å². The number of aromatic carboxylic acids is 1. The Labute approximate surface area is 128 Å². The van der Waals surface area contributed by atoms with Gasteiger partial charge in [-0.2, -0.15) is 0 Å². The predicted molar refractivity (Wildman–Crippen MR) is 81.0 cm³/mol. The van der Waals surface area contributed by atoms with Crippen LogP contribution in [0, 0.1) is 6.92 Å². The SMILES string of the molecule is Cc1nc2cc(C(=O)O)ccc2n1C1CCS(=O)(=O)C1.Cl. The third kappa shape index (κ3) is 2.75. The van der Waals surface area contributed by atoms with Gasteiger partial charge < -0.3 is 9.67 Å². The van der Waals surface area contributed by atoms with E-state index in [4.69, 9.17) is 5.11 Å². The Bertz CT molecular complexity index is 813. The van der Waals surface area contributed by atoms with Gasteiger partial charge in [0.15, 0.2) is 9.84 Å². The van der Waals surface area contributed by atoms with Gasteiger partial charge in [-0.25, -0.2) is 18.2 Å². The van der Waals surface area contributed by atoms with E-state index in [2.05, 4.69) is 4.98 Å². The number of fused-ring (bicyclic) bond motifs is 1. The first kappa shape index (κ1) is 15.8. The first-order valence-electron chi connectivity index (χ1n) is 6.30. The molecule has 8 heteroatoms. The van der Waals surface area contributed by atoms with Crippen LogP contribution < -0.4 is 0 Å². The minimum absolute atomic E-state index is 0. The number of rotatable bonds is 2. The normalized spacial score (nSPS) is 20.3. The quantitative estimate of drug-likeness (QED) is 0.907. The lowest BCUT2D eigenvalue weighted by molar-refractivity contribution is 0.0697. The number of aryl methyl sites for hydroxylation is 1. The zero-order valence-electron chi connectivity index (χ0n) is 11.3. The minimum Gasteiger partial charge on any atom is -0.478 e. The monoisotopic (exact) mass is 330 g/mol. The van der Waals surface area contributed by atoms with Gasteiger partial charge in [0.25, 0.3) is 0 Å². The van der Waals surface area contributed by atoms with E-state index in [1.807, 2.05) is 11.5 Å². The van der Waals surface area contributed by atoms with E-state index in [1.54, 1.807) is 6.07 Å². The highest BCUT2D eigenvalue weighted by Crippen LogP contribution is 2.29. The van der Waals surface area contributed by atoms with Crippen molar-refractivity contribution in [1.82, 2.24) is 9.55 Å². The number of sulfone groups is 1. The number of carboxylic acid groups (broad SMARTS) is 1. The summed E-state index contributed by atoms with van der Waals surface area (Å²) in [4.78, 5) is 15.3. The molecule has 3 rings (SSSR count). The number of nitrogens with zero attached hydrogens (tertiary/aromatic N) is 2. The molecule has 1 atom stereocenters. The Kier molecular flexibility index (Phi) is 3.99. The van der Waals surface area contributed by atoms with Gasteiger partial charge in [-0.05, 0) is 31.5 Å². The summed E-state index contributed by atoms with van der Waals surface area (Å²) in [6.45, 7) is 1.81. The molecule has 114 valence electrons. The van der Waals surface area contributed by atoms with Gasteiger partial charge in [-0.3, -0.25) is 0 Å². The summed E-state index contributed by atoms with van der Waals surface area (Å²) in [6, 6.07) is 4.63. The van der Waals surface area contributed by atoms with E-state index in [9.17, 15) is 13.2 Å². The van der Waals surface area contributed by atoms with Crippen LogP contribution in [0.3, 0.4) is 0 Å². The second kappa shape index (κ2) is 5.31. The number of benzene rings is 1. The molecule has 1 N–H and O–H groups in total. The molecule has 1 unspecified atom stereocenters. The molecule has 6 nitrogen and oxygen atoms in total. The maximum absolute atomic E-state index is 11.6. The molecule has 21 heavy (non-hydrogen) atoms. The smallest absolute Gasteiger partial charge is 0.335 e. The molecular weight excluding hydrogens is 316 g/mol. The average molecular weight is 331 g/mol. The van der Waals surface area contributed by atoms with E-state index < -0.39 is 15.8 Å². The summed E-state index contributed by atoms with van der Waals surface area (Å²) in [7, 11) is -2.97. The van der Waals surface area contributed by atoms with Crippen LogP contribution in [-0.2, 0) is 9.84 Å². The lowest BCUT2D eigenvalue weighted by atomic mass is 10.2. The van der Waals surface area contributed by atoms with Crippen LogP contribution in [0.15, 0.2) is 18.2 Å². The first-order chi connectivity index (χ1) is 9.37. The van der Waals surface area contributed by atoms with Crippen LogP contribution in [-0.4, -0.2) is 40.6 Å². The molecule has 1 aliphatic heterocycles. The Morgan fingerprint density at radius 2 is 2.14 bits per heavy atom. The third-order valence-electron chi connectivity index (χ3n) is 3.69. The van der Waals surface area contributed by atoms with E-state index in [1.165, 1.54) is 12.1 Å². The van der Waals surface area contributed by atoms with E-state index >= 15 is 0 Å². The van der Waals surface area contributed by atoms with Crippen molar-refractivity contribution in [3.05, 3.63) is 29.6 Å². The standard InChI is InChI=1S/C13H14N2O4S.ClH/c1-8-14-11-6-9(13(16)17)2-3-12(11)15(8)10-4-5-20(18,19)7-10;/h2-3,6,10H,4-5,7H2,1H3,(H,16,17);1H. The van der Waals surface area contributed by atoms with Crippen molar-refractivity contribution in [2.45, 2.75) is 19.4 Å². The summed E-state index contributed by atoms with van der Waals surface area (Å²) >= 11 is 0. The molecule has 0 radical (unpaired) electrons. The van der Waals surface area contributed by atoms with Crippen LogP contribution in [0.2, 0.25) is 0 Å². The number of halogens is 1. The third-order valence-corrected chi connectivity index (χ3v) is 5.44. The van der Waals surface area contributed by atoms with Crippen molar-refractivity contribution >= 4 is 39.2 Å². The molecule has 0 aliphatic carbocycles. The molecule has 0 bridgehead atoms. The highest BCUT2D eigenvalue weighted by molar-refractivity contribution is 7.91. The van der Waals surface area contributed by atoms with Crippen molar-refractivity contribution in [3.8, 4) is 0 Å². The maximum Gasteiger partial charge on any atom is 0.335 e. The van der Waals surface area contributed by atoms with Crippen molar-refractivity contribution in [2.24, 2.45) is 0 Å². The summed E-state index contributed by atoms with van der Waals surface area (Å²) < 4.78 is 25.1. The Hall–Kier alpha value is -1.60. The molecule has 2 heterocycles. The van der Waals surface area contributed by atoms with Crippen LogP contribution in [0.1, 0.15) is 28.6 Å². The Morgan fingerprint density at radius 1 is 1.43 bits per heavy atom. The number of aromatic nitrogens is 2. The van der Waals surface area contributed by atoms with Crippen molar-refractivity contribution in [3.63, 3.8) is 0 Å². The van der Waals surface area contributed by atoms with Gasteiger partial charge in [-0.15, -0.1) is 12.4 Å². The van der Waals surface area contributed by atoms with Gasteiger partial charge >= 0.3 is 5.97 Å². The van der Waals surface area contributed by atoms with Crippen LogP contribution in [0.4, 0.5) is 0 Å². The van der Waals surface area contributed by atoms with Crippen LogP contribution in [0.25, 0.3) is 11.0 Å². The lowest BCUT2D eigenvalue weighted by Crippen LogP contribution is -2.12. The molecule has 1 aliphatic rings. The van der Waals surface area contributed by atoms with Crippen molar-refractivity contribution in [1.29, 1.82) is 0 Å². The molecule has 1 aromatic heterocycles. The van der Waals surface area contributed by atoms with Gasteiger partial charge in [0, 0.05) is 0 Å². The topological polar surface area (TPSA) is 89.3 Å².